The van der Waals surface area contributed by atoms with Gasteiger partial charge in [0.05, 0.1) is 6.10 Å². The topological polar surface area (TPSA) is 64.8 Å². The predicted molar refractivity (Wildman–Crippen MR) is 134 cm³/mol. The van der Waals surface area contributed by atoms with Crippen LogP contribution in [0, 0.1) is 17.8 Å². The van der Waals surface area contributed by atoms with Crippen molar-refractivity contribution in [1.82, 2.24) is 4.90 Å². The Labute approximate surface area is 201 Å². The molecule has 0 unspecified atom stereocenters. The molecule has 1 aromatic rings. The summed E-state index contributed by atoms with van der Waals surface area (Å²) in [6, 6.07) is 10.5. The summed E-state index contributed by atoms with van der Waals surface area (Å²) in [5.74, 6) is 1.70. The summed E-state index contributed by atoms with van der Waals surface area (Å²) in [6.45, 7) is 6.44. The van der Waals surface area contributed by atoms with Gasteiger partial charge >= 0.3 is 0 Å². The number of carbonyl (C=O) groups excluding carboxylic acids is 1. The zero-order chi connectivity index (χ0) is 23.3. The van der Waals surface area contributed by atoms with Crippen LogP contribution in [-0.2, 0) is 14.3 Å². The number of piperidine rings is 1. The van der Waals surface area contributed by atoms with Gasteiger partial charge in [0.25, 0.3) is 0 Å². The van der Waals surface area contributed by atoms with E-state index in [-0.39, 0.29) is 12.0 Å². The molecule has 1 aliphatic carbocycles. The highest BCUT2D eigenvalue weighted by atomic mass is 16.5. The lowest BCUT2D eigenvalue weighted by atomic mass is 9.81. The van der Waals surface area contributed by atoms with E-state index in [1.54, 1.807) is 0 Å². The van der Waals surface area contributed by atoms with Crippen molar-refractivity contribution in [3.05, 3.63) is 35.9 Å². The molecule has 1 saturated carbocycles. The molecule has 1 heterocycles. The van der Waals surface area contributed by atoms with Gasteiger partial charge in [-0.2, -0.15) is 0 Å². The van der Waals surface area contributed by atoms with Crippen molar-refractivity contribution in [1.29, 1.82) is 0 Å². The fraction of sp³-hybridized carbons (Fsp3) is 0.750. The maximum atomic E-state index is 13.3. The molecule has 0 spiro atoms. The third kappa shape index (κ3) is 8.70. The average Bonchev–Trinajstić information content (AvgIpc) is 2.87. The highest BCUT2D eigenvalue weighted by Crippen LogP contribution is 2.34. The predicted octanol–water partition coefficient (Wildman–Crippen LogP) is 5.34. The Bertz CT molecular complexity index is 662. The first-order valence-electron chi connectivity index (χ1n) is 13.4. The smallest absolute Gasteiger partial charge is 0.222 e. The minimum absolute atomic E-state index is 0.0240. The van der Waals surface area contributed by atoms with Crippen molar-refractivity contribution in [2.24, 2.45) is 23.5 Å². The number of likely N-dealkylation sites (tertiary alicyclic amines) is 1. The summed E-state index contributed by atoms with van der Waals surface area (Å²) in [6.07, 6.45) is 11.5. The fourth-order valence-corrected chi connectivity index (χ4v) is 5.68. The summed E-state index contributed by atoms with van der Waals surface area (Å²) in [5.41, 5.74) is 7.32. The normalized spacial score (nSPS) is 21.6. The van der Waals surface area contributed by atoms with Gasteiger partial charge in [0.15, 0.2) is 0 Å². The van der Waals surface area contributed by atoms with Crippen LogP contribution in [0.3, 0.4) is 0 Å². The van der Waals surface area contributed by atoms with Gasteiger partial charge < -0.3 is 20.1 Å². The van der Waals surface area contributed by atoms with Gasteiger partial charge in [-0.25, -0.2) is 0 Å². The molecule has 33 heavy (non-hydrogen) atoms. The van der Waals surface area contributed by atoms with Crippen LogP contribution in [-0.4, -0.2) is 50.3 Å². The van der Waals surface area contributed by atoms with E-state index in [1.165, 1.54) is 37.7 Å². The van der Waals surface area contributed by atoms with Crippen molar-refractivity contribution in [3.8, 4) is 0 Å². The Kier molecular flexibility index (Phi) is 11.7. The van der Waals surface area contributed by atoms with Crippen molar-refractivity contribution < 1.29 is 14.3 Å². The first-order chi connectivity index (χ1) is 16.2. The van der Waals surface area contributed by atoms with E-state index in [9.17, 15) is 4.79 Å². The van der Waals surface area contributed by atoms with Crippen LogP contribution in [0.15, 0.2) is 30.3 Å². The third-order valence-electron chi connectivity index (χ3n) is 7.49. The first-order valence-corrected chi connectivity index (χ1v) is 13.4. The number of carbonyl (C=O) groups is 1. The van der Waals surface area contributed by atoms with Crippen molar-refractivity contribution in [2.45, 2.75) is 77.2 Å². The zero-order valence-corrected chi connectivity index (χ0v) is 20.8. The Balaban J connectivity index is 1.56. The number of ether oxygens (including phenoxy) is 2. The van der Waals surface area contributed by atoms with Crippen molar-refractivity contribution in [3.63, 3.8) is 0 Å². The van der Waals surface area contributed by atoms with Crippen LogP contribution in [0.2, 0.25) is 0 Å². The summed E-state index contributed by atoms with van der Waals surface area (Å²) in [5, 5.41) is 0. The van der Waals surface area contributed by atoms with Gasteiger partial charge in [-0.15, -0.1) is 0 Å². The number of hydrogen-bond acceptors (Lipinski definition) is 4. The molecule has 0 aromatic heterocycles. The van der Waals surface area contributed by atoms with Crippen LogP contribution in [0.25, 0.3) is 0 Å². The number of hydrogen-bond donors (Lipinski definition) is 1. The minimum Gasteiger partial charge on any atom is -0.382 e. The molecule has 3 atom stereocenters. The maximum absolute atomic E-state index is 13.3. The number of nitrogens with zero attached hydrogens (tertiary/aromatic N) is 1. The molecular weight excluding hydrogens is 412 g/mol. The molecule has 2 fully saturated rings. The molecule has 2 aliphatic rings. The van der Waals surface area contributed by atoms with E-state index < -0.39 is 0 Å². The zero-order valence-electron chi connectivity index (χ0n) is 20.8. The quantitative estimate of drug-likeness (QED) is 0.405. The third-order valence-corrected chi connectivity index (χ3v) is 7.49. The van der Waals surface area contributed by atoms with Crippen LogP contribution < -0.4 is 5.73 Å². The summed E-state index contributed by atoms with van der Waals surface area (Å²) >= 11 is 0. The van der Waals surface area contributed by atoms with Gasteiger partial charge in [-0.3, -0.25) is 4.79 Å². The lowest BCUT2D eigenvalue weighted by Gasteiger charge is -2.38. The largest absolute Gasteiger partial charge is 0.382 e. The maximum Gasteiger partial charge on any atom is 0.222 e. The minimum atomic E-state index is 0.0240. The monoisotopic (exact) mass is 458 g/mol. The van der Waals surface area contributed by atoms with Gasteiger partial charge in [0.1, 0.15) is 0 Å². The summed E-state index contributed by atoms with van der Waals surface area (Å²) in [4.78, 5) is 15.4. The molecule has 0 radical (unpaired) electrons. The van der Waals surface area contributed by atoms with E-state index in [0.717, 1.165) is 57.9 Å². The molecule has 1 aliphatic heterocycles. The van der Waals surface area contributed by atoms with Gasteiger partial charge in [0.2, 0.25) is 5.91 Å². The second-order valence-electron chi connectivity index (χ2n) is 10.0. The molecule has 5 nitrogen and oxygen atoms in total. The Hall–Kier alpha value is -1.43. The molecular formula is C28H46N2O3. The van der Waals surface area contributed by atoms with E-state index in [1.807, 2.05) is 13.0 Å². The highest BCUT2D eigenvalue weighted by molar-refractivity contribution is 5.76. The fourth-order valence-electron chi connectivity index (χ4n) is 5.68. The number of benzene rings is 1. The van der Waals surface area contributed by atoms with Crippen molar-refractivity contribution in [2.75, 3.05) is 39.5 Å². The second-order valence-corrected chi connectivity index (χ2v) is 10.0. The van der Waals surface area contributed by atoms with E-state index in [4.69, 9.17) is 15.2 Å². The molecule has 186 valence electrons. The number of rotatable bonds is 13. The number of amides is 1. The van der Waals surface area contributed by atoms with E-state index in [2.05, 4.69) is 29.2 Å². The molecule has 3 rings (SSSR count). The van der Waals surface area contributed by atoms with Crippen LogP contribution in [0.5, 0.6) is 0 Å². The van der Waals surface area contributed by atoms with Gasteiger partial charge in [0, 0.05) is 45.2 Å². The number of nitrogens with two attached hydrogens (primary N) is 1. The Morgan fingerprint density at radius 3 is 2.61 bits per heavy atom. The molecule has 1 aromatic carbocycles. The lowest BCUT2D eigenvalue weighted by molar-refractivity contribution is -0.135. The van der Waals surface area contributed by atoms with E-state index >= 15 is 0 Å². The Morgan fingerprint density at radius 2 is 1.88 bits per heavy atom. The molecule has 1 amide bonds. The highest BCUT2D eigenvalue weighted by Gasteiger charge is 2.32. The standard InChI is InChI=1S/C28H46N2O3/c1-2-32-17-10-18-33-28(25-13-7-4-8-14-25)26-15-9-16-30(22-26)27(31)20-24(21-29)19-23-11-5-3-6-12-23/h4,7-8,13-14,23-24,26,28H,2-3,5-6,9-12,15-22,29H2,1H3/t24-,26-,28+/m1/s1. The Morgan fingerprint density at radius 1 is 1.09 bits per heavy atom. The van der Waals surface area contributed by atoms with Crippen molar-refractivity contribution >= 4 is 5.91 Å². The lowest BCUT2D eigenvalue weighted by Crippen LogP contribution is -2.43. The molecule has 1 saturated heterocycles. The molecule has 5 heteroatoms. The molecule has 2 N–H and O–H groups in total. The SMILES string of the molecule is CCOCCCO[C@@H](c1ccccc1)[C@@H]1CCCN(C(=O)C[C@H](CN)CC2CCCCC2)C1. The summed E-state index contributed by atoms with van der Waals surface area (Å²) in [7, 11) is 0. The van der Waals surface area contributed by atoms with Gasteiger partial charge in [-0.1, -0.05) is 62.4 Å². The average molecular weight is 459 g/mol. The second kappa shape index (κ2) is 14.7. The van der Waals surface area contributed by atoms with Crippen LogP contribution >= 0.6 is 0 Å². The van der Waals surface area contributed by atoms with Crippen LogP contribution in [0.1, 0.15) is 82.8 Å². The summed E-state index contributed by atoms with van der Waals surface area (Å²) < 4.78 is 11.9. The van der Waals surface area contributed by atoms with Gasteiger partial charge in [-0.05, 0) is 56.6 Å². The first kappa shape index (κ1) is 26.2. The molecule has 0 bridgehead atoms. The van der Waals surface area contributed by atoms with Crippen LogP contribution in [0.4, 0.5) is 0 Å². The van der Waals surface area contributed by atoms with E-state index in [0.29, 0.717) is 31.4 Å².